The van der Waals surface area contributed by atoms with E-state index in [1.807, 2.05) is 47.4 Å². The monoisotopic (exact) mass is 335 g/mol. The van der Waals surface area contributed by atoms with Crippen LogP contribution in [0.15, 0.2) is 54.9 Å². The normalized spacial score (nSPS) is 17.0. The van der Waals surface area contributed by atoms with Crippen molar-refractivity contribution < 1.29 is 9.53 Å². The van der Waals surface area contributed by atoms with Crippen molar-refractivity contribution in [1.82, 2.24) is 14.9 Å². The largest absolute Gasteiger partial charge is 0.376 e. The molecule has 1 aromatic carbocycles. The summed E-state index contributed by atoms with van der Waals surface area (Å²) in [6, 6.07) is 13.9. The van der Waals surface area contributed by atoms with E-state index in [0.717, 1.165) is 36.0 Å². The summed E-state index contributed by atoms with van der Waals surface area (Å²) in [5.74, 6) is 0.0126. The summed E-state index contributed by atoms with van der Waals surface area (Å²) in [4.78, 5) is 22.5. The van der Waals surface area contributed by atoms with E-state index in [-0.39, 0.29) is 12.0 Å². The number of amides is 1. The van der Waals surface area contributed by atoms with Crippen LogP contribution in [0.5, 0.6) is 0 Å². The van der Waals surface area contributed by atoms with Crippen LogP contribution in [-0.2, 0) is 11.3 Å². The van der Waals surface area contributed by atoms with Gasteiger partial charge in [0.05, 0.1) is 11.7 Å². The summed E-state index contributed by atoms with van der Waals surface area (Å²) in [5, 5.41) is 0.859. The Labute approximate surface area is 146 Å². The standard InChI is InChI=1S/C20H21N3O2/c24-20(18-12-22-19-17(18)9-4-10-21-19)23(14-16-8-5-11-25-16)13-15-6-2-1-3-7-15/h1-4,6-7,9-10,12,16H,5,8,11,13-14H2,(H,21,22)/t16-/m0/s1. The molecule has 0 radical (unpaired) electrons. The number of H-pyrrole nitrogens is 1. The third-order valence-corrected chi connectivity index (χ3v) is 4.63. The fraction of sp³-hybridized carbons (Fsp3) is 0.300. The fourth-order valence-corrected chi connectivity index (χ4v) is 3.36. The number of hydrogen-bond acceptors (Lipinski definition) is 3. The van der Waals surface area contributed by atoms with E-state index in [1.165, 1.54) is 0 Å². The molecule has 1 aliphatic heterocycles. The van der Waals surface area contributed by atoms with E-state index < -0.39 is 0 Å². The van der Waals surface area contributed by atoms with Crippen molar-refractivity contribution in [2.45, 2.75) is 25.5 Å². The highest BCUT2D eigenvalue weighted by molar-refractivity contribution is 6.05. The smallest absolute Gasteiger partial charge is 0.256 e. The summed E-state index contributed by atoms with van der Waals surface area (Å²) < 4.78 is 5.76. The quantitative estimate of drug-likeness (QED) is 0.777. The maximum atomic E-state index is 13.2. The molecule has 0 unspecified atom stereocenters. The zero-order valence-electron chi connectivity index (χ0n) is 14.0. The number of rotatable bonds is 5. The van der Waals surface area contributed by atoms with E-state index in [9.17, 15) is 4.79 Å². The Hall–Kier alpha value is -2.66. The number of nitrogens with one attached hydrogen (secondary N) is 1. The first-order valence-corrected chi connectivity index (χ1v) is 8.68. The van der Waals surface area contributed by atoms with Gasteiger partial charge in [-0.15, -0.1) is 0 Å². The van der Waals surface area contributed by atoms with E-state index in [1.54, 1.807) is 12.4 Å². The SMILES string of the molecule is O=C(c1c[nH]c2ncccc12)N(Cc1ccccc1)C[C@@H]1CCCO1. The topological polar surface area (TPSA) is 58.2 Å². The minimum Gasteiger partial charge on any atom is -0.376 e. The number of ether oxygens (including phenoxy) is 1. The molecule has 1 atom stereocenters. The molecule has 0 aliphatic carbocycles. The number of fused-ring (bicyclic) bond motifs is 1. The molecule has 1 aliphatic rings. The zero-order valence-corrected chi connectivity index (χ0v) is 14.0. The summed E-state index contributed by atoms with van der Waals surface area (Å²) in [5.41, 5.74) is 2.52. The summed E-state index contributed by atoms with van der Waals surface area (Å²) in [6.45, 7) is 1.97. The number of benzene rings is 1. The van der Waals surface area contributed by atoms with Gasteiger partial charge in [-0.25, -0.2) is 4.98 Å². The molecule has 3 heterocycles. The molecule has 1 N–H and O–H groups in total. The van der Waals surface area contributed by atoms with Crippen molar-refractivity contribution in [3.63, 3.8) is 0 Å². The lowest BCUT2D eigenvalue weighted by atomic mass is 10.1. The number of nitrogens with zero attached hydrogens (tertiary/aromatic N) is 2. The van der Waals surface area contributed by atoms with Gasteiger partial charge in [-0.2, -0.15) is 0 Å². The molecule has 5 heteroatoms. The maximum Gasteiger partial charge on any atom is 0.256 e. The second kappa shape index (κ2) is 7.07. The number of hydrogen-bond donors (Lipinski definition) is 1. The minimum atomic E-state index is 0.0126. The van der Waals surface area contributed by atoms with Gasteiger partial charge in [-0.3, -0.25) is 4.79 Å². The zero-order chi connectivity index (χ0) is 17.1. The van der Waals surface area contributed by atoms with Gasteiger partial charge in [0.15, 0.2) is 0 Å². The first-order valence-electron chi connectivity index (χ1n) is 8.68. The highest BCUT2D eigenvalue weighted by Crippen LogP contribution is 2.21. The highest BCUT2D eigenvalue weighted by atomic mass is 16.5. The predicted octanol–water partition coefficient (Wildman–Crippen LogP) is 3.38. The number of pyridine rings is 1. The van der Waals surface area contributed by atoms with E-state index in [4.69, 9.17) is 4.74 Å². The minimum absolute atomic E-state index is 0.0126. The van der Waals surface area contributed by atoms with Gasteiger partial charge in [0, 0.05) is 37.5 Å². The Kier molecular flexibility index (Phi) is 4.48. The van der Waals surface area contributed by atoms with Crippen LogP contribution in [-0.4, -0.2) is 40.0 Å². The van der Waals surface area contributed by atoms with Crippen LogP contribution >= 0.6 is 0 Å². The average Bonchev–Trinajstić information content (AvgIpc) is 3.31. The number of carbonyl (C=O) groups excluding carboxylic acids is 1. The third kappa shape index (κ3) is 3.42. The molecule has 5 nitrogen and oxygen atoms in total. The predicted molar refractivity (Wildman–Crippen MR) is 96.3 cm³/mol. The molecular formula is C20H21N3O2. The van der Waals surface area contributed by atoms with E-state index >= 15 is 0 Å². The van der Waals surface area contributed by atoms with Crippen LogP contribution in [0.2, 0.25) is 0 Å². The van der Waals surface area contributed by atoms with Crippen LogP contribution in [0, 0.1) is 0 Å². The average molecular weight is 335 g/mol. The Morgan fingerprint density at radius 2 is 2.12 bits per heavy atom. The van der Waals surface area contributed by atoms with Gasteiger partial charge in [0.1, 0.15) is 5.65 Å². The molecule has 1 amide bonds. The first-order chi connectivity index (χ1) is 12.3. The molecule has 25 heavy (non-hydrogen) atoms. The molecule has 0 bridgehead atoms. The van der Waals surface area contributed by atoms with Crippen LogP contribution in [0.3, 0.4) is 0 Å². The Morgan fingerprint density at radius 3 is 2.92 bits per heavy atom. The number of aromatic nitrogens is 2. The van der Waals surface area contributed by atoms with Crippen LogP contribution < -0.4 is 0 Å². The van der Waals surface area contributed by atoms with Crippen molar-refractivity contribution in [2.24, 2.45) is 0 Å². The molecule has 0 spiro atoms. The van der Waals surface area contributed by atoms with Crippen molar-refractivity contribution in [2.75, 3.05) is 13.2 Å². The second-order valence-corrected chi connectivity index (χ2v) is 6.41. The molecule has 0 saturated carbocycles. The summed E-state index contributed by atoms with van der Waals surface area (Å²) in [6.07, 6.45) is 5.67. The Bertz CT molecular complexity index is 854. The molecule has 1 fully saturated rings. The summed E-state index contributed by atoms with van der Waals surface area (Å²) >= 11 is 0. The molecule has 128 valence electrons. The van der Waals surface area contributed by atoms with Gasteiger partial charge in [0.25, 0.3) is 5.91 Å². The van der Waals surface area contributed by atoms with Gasteiger partial charge in [-0.1, -0.05) is 30.3 Å². The van der Waals surface area contributed by atoms with Gasteiger partial charge in [-0.05, 0) is 30.5 Å². The maximum absolute atomic E-state index is 13.2. The molecule has 4 rings (SSSR count). The molecule has 2 aromatic heterocycles. The van der Waals surface area contributed by atoms with Crippen molar-refractivity contribution in [1.29, 1.82) is 0 Å². The van der Waals surface area contributed by atoms with Gasteiger partial charge < -0.3 is 14.6 Å². The van der Waals surface area contributed by atoms with Gasteiger partial charge >= 0.3 is 0 Å². The van der Waals surface area contributed by atoms with Crippen LogP contribution in [0.4, 0.5) is 0 Å². The van der Waals surface area contributed by atoms with Crippen molar-refractivity contribution >= 4 is 16.9 Å². The molecule has 1 saturated heterocycles. The second-order valence-electron chi connectivity index (χ2n) is 6.41. The molecular weight excluding hydrogens is 314 g/mol. The Morgan fingerprint density at radius 1 is 1.24 bits per heavy atom. The molecule has 3 aromatic rings. The lowest BCUT2D eigenvalue weighted by Gasteiger charge is -2.25. The first kappa shape index (κ1) is 15.8. The Balaban J connectivity index is 1.62. The summed E-state index contributed by atoms with van der Waals surface area (Å²) in [7, 11) is 0. The lowest BCUT2D eigenvalue weighted by Crippen LogP contribution is -2.36. The van der Waals surface area contributed by atoms with E-state index in [0.29, 0.717) is 18.7 Å². The lowest BCUT2D eigenvalue weighted by molar-refractivity contribution is 0.0509. The third-order valence-electron chi connectivity index (χ3n) is 4.63. The van der Waals surface area contributed by atoms with E-state index in [2.05, 4.69) is 9.97 Å². The van der Waals surface area contributed by atoms with Crippen molar-refractivity contribution in [3.05, 3.63) is 66.0 Å². The van der Waals surface area contributed by atoms with Crippen molar-refractivity contribution in [3.8, 4) is 0 Å². The number of carbonyl (C=O) groups is 1. The van der Waals surface area contributed by atoms with Crippen LogP contribution in [0.25, 0.3) is 11.0 Å². The van der Waals surface area contributed by atoms with Gasteiger partial charge in [0.2, 0.25) is 0 Å². The fourth-order valence-electron chi connectivity index (χ4n) is 3.36. The highest BCUT2D eigenvalue weighted by Gasteiger charge is 2.25. The van der Waals surface area contributed by atoms with Crippen LogP contribution in [0.1, 0.15) is 28.8 Å². The number of aromatic amines is 1.